The van der Waals surface area contributed by atoms with Crippen LogP contribution in [-0.4, -0.2) is 30.5 Å². The number of ether oxygens (including phenoxy) is 1. The van der Waals surface area contributed by atoms with Crippen LogP contribution in [0.1, 0.15) is 22.0 Å². The van der Waals surface area contributed by atoms with E-state index in [0.29, 0.717) is 35.3 Å². The molecule has 0 radical (unpaired) electrons. The Morgan fingerprint density at radius 3 is 2.23 bits per heavy atom. The predicted octanol–water partition coefficient (Wildman–Crippen LogP) is 4.21. The molecule has 114 valence electrons. The van der Waals surface area contributed by atoms with Gasteiger partial charge in [-0.25, -0.2) is 0 Å². The van der Waals surface area contributed by atoms with Crippen LogP contribution >= 0.6 is 23.2 Å². The molecule has 1 aliphatic heterocycles. The number of nitrogens with zero attached hydrogens (tertiary/aromatic N) is 1. The van der Waals surface area contributed by atoms with E-state index in [1.165, 1.54) is 0 Å². The molecule has 3 nitrogen and oxygen atoms in total. The highest BCUT2D eigenvalue weighted by Gasteiger charge is 2.26. The first-order chi connectivity index (χ1) is 10.6. The summed E-state index contributed by atoms with van der Waals surface area (Å²) in [4.78, 5) is 14.4. The van der Waals surface area contributed by atoms with E-state index in [9.17, 15) is 4.79 Å². The first kappa shape index (κ1) is 15.3. The molecule has 1 saturated heterocycles. The molecule has 0 aliphatic carbocycles. The van der Waals surface area contributed by atoms with E-state index in [1.54, 1.807) is 24.3 Å². The third kappa shape index (κ3) is 3.43. The summed E-state index contributed by atoms with van der Waals surface area (Å²) in [5.74, 6) is -0.000991. The molecule has 2 aromatic carbocycles. The number of morpholine rings is 1. The van der Waals surface area contributed by atoms with Gasteiger partial charge in [0.05, 0.1) is 13.2 Å². The maximum absolute atomic E-state index is 12.5. The minimum atomic E-state index is -0.123. The Kier molecular flexibility index (Phi) is 4.67. The van der Waals surface area contributed by atoms with Gasteiger partial charge >= 0.3 is 0 Å². The molecule has 0 bridgehead atoms. The number of hydrogen-bond acceptors (Lipinski definition) is 2. The van der Waals surface area contributed by atoms with Crippen LogP contribution in [0.25, 0.3) is 0 Å². The van der Waals surface area contributed by atoms with E-state index in [2.05, 4.69) is 0 Å². The zero-order valence-electron chi connectivity index (χ0n) is 11.8. The number of benzene rings is 2. The third-order valence-electron chi connectivity index (χ3n) is 3.69. The van der Waals surface area contributed by atoms with Crippen molar-refractivity contribution < 1.29 is 9.53 Å². The van der Waals surface area contributed by atoms with Crippen LogP contribution in [0.3, 0.4) is 0 Å². The SMILES string of the molecule is O=C(c1ccc(Cl)cc1)N1CCOC(c2ccc(Cl)cc2)C1. The molecule has 0 N–H and O–H groups in total. The lowest BCUT2D eigenvalue weighted by Crippen LogP contribution is -2.42. The van der Waals surface area contributed by atoms with Gasteiger partial charge < -0.3 is 9.64 Å². The van der Waals surface area contributed by atoms with Crippen molar-refractivity contribution in [3.8, 4) is 0 Å². The average Bonchev–Trinajstić information content (AvgIpc) is 2.56. The van der Waals surface area contributed by atoms with Crippen LogP contribution in [0.4, 0.5) is 0 Å². The Balaban J connectivity index is 1.73. The van der Waals surface area contributed by atoms with Crippen molar-refractivity contribution in [1.29, 1.82) is 0 Å². The minimum Gasteiger partial charge on any atom is -0.370 e. The topological polar surface area (TPSA) is 29.5 Å². The molecule has 1 unspecified atom stereocenters. The molecule has 1 heterocycles. The molecule has 0 aromatic heterocycles. The van der Waals surface area contributed by atoms with Crippen LogP contribution in [-0.2, 0) is 4.74 Å². The van der Waals surface area contributed by atoms with Crippen LogP contribution in [0.2, 0.25) is 10.0 Å². The van der Waals surface area contributed by atoms with Crippen LogP contribution in [0.15, 0.2) is 48.5 Å². The number of carbonyl (C=O) groups excluding carboxylic acids is 1. The van der Waals surface area contributed by atoms with Gasteiger partial charge in [-0.1, -0.05) is 35.3 Å². The van der Waals surface area contributed by atoms with E-state index >= 15 is 0 Å². The highest BCUT2D eigenvalue weighted by molar-refractivity contribution is 6.30. The molecule has 2 aromatic rings. The van der Waals surface area contributed by atoms with Gasteiger partial charge in [0.25, 0.3) is 5.91 Å². The lowest BCUT2D eigenvalue weighted by molar-refractivity contribution is -0.0228. The highest BCUT2D eigenvalue weighted by atomic mass is 35.5. The first-order valence-electron chi connectivity index (χ1n) is 7.05. The summed E-state index contributed by atoms with van der Waals surface area (Å²) >= 11 is 11.8. The summed E-state index contributed by atoms with van der Waals surface area (Å²) in [6.07, 6.45) is -0.123. The molecule has 5 heteroatoms. The third-order valence-corrected chi connectivity index (χ3v) is 4.19. The van der Waals surface area contributed by atoms with E-state index in [0.717, 1.165) is 5.56 Å². The standard InChI is InChI=1S/C17H15Cl2NO2/c18-14-5-1-12(2-6-14)16-11-20(9-10-22-16)17(21)13-3-7-15(19)8-4-13/h1-8,16H,9-11H2. The summed E-state index contributed by atoms with van der Waals surface area (Å²) in [7, 11) is 0. The smallest absolute Gasteiger partial charge is 0.254 e. The van der Waals surface area contributed by atoms with Gasteiger partial charge in [0, 0.05) is 22.2 Å². The van der Waals surface area contributed by atoms with Gasteiger partial charge in [-0.3, -0.25) is 4.79 Å². The Hall–Kier alpha value is -1.55. The molecule has 0 saturated carbocycles. The molecule has 1 aliphatic rings. The average molecular weight is 336 g/mol. The lowest BCUT2D eigenvalue weighted by atomic mass is 10.1. The number of carbonyl (C=O) groups is 1. The minimum absolute atomic E-state index is 0.000991. The van der Waals surface area contributed by atoms with Crippen LogP contribution in [0.5, 0.6) is 0 Å². The van der Waals surface area contributed by atoms with E-state index in [4.69, 9.17) is 27.9 Å². The van der Waals surface area contributed by atoms with Crippen molar-refractivity contribution in [2.24, 2.45) is 0 Å². The maximum Gasteiger partial charge on any atom is 0.254 e. The van der Waals surface area contributed by atoms with Crippen molar-refractivity contribution in [2.75, 3.05) is 19.7 Å². The summed E-state index contributed by atoms with van der Waals surface area (Å²) in [5.41, 5.74) is 1.67. The van der Waals surface area contributed by atoms with Crippen LogP contribution < -0.4 is 0 Å². The zero-order chi connectivity index (χ0) is 15.5. The molecule has 1 fully saturated rings. The fourth-order valence-electron chi connectivity index (χ4n) is 2.49. The molecular weight excluding hydrogens is 321 g/mol. The van der Waals surface area contributed by atoms with Gasteiger partial charge in [0.2, 0.25) is 0 Å². The Morgan fingerprint density at radius 1 is 1.00 bits per heavy atom. The number of halogens is 2. The largest absolute Gasteiger partial charge is 0.370 e. The zero-order valence-corrected chi connectivity index (χ0v) is 13.3. The monoisotopic (exact) mass is 335 g/mol. The highest BCUT2D eigenvalue weighted by Crippen LogP contribution is 2.24. The second-order valence-electron chi connectivity index (χ2n) is 5.17. The number of hydrogen-bond donors (Lipinski definition) is 0. The van der Waals surface area contributed by atoms with Crippen molar-refractivity contribution in [3.05, 3.63) is 69.7 Å². The maximum atomic E-state index is 12.5. The molecule has 22 heavy (non-hydrogen) atoms. The quantitative estimate of drug-likeness (QED) is 0.822. The van der Waals surface area contributed by atoms with Crippen molar-refractivity contribution in [3.63, 3.8) is 0 Å². The summed E-state index contributed by atoms with van der Waals surface area (Å²) in [6, 6.07) is 14.5. The molecule has 3 rings (SSSR count). The van der Waals surface area contributed by atoms with E-state index < -0.39 is 0 Å². The van der Waals surface area contributed by atoms with Gasteiger partial charge in [-0.15, -0.1) is 0 Å². The second kappa shape index (κ2) is 6.69. The molecular formula is C17H15Cl2NO2. The predicted molar refractivity (Wildman–Crippen MR) is 87.5 cm³/mol. The van der Waals surface area contributed by atoms with Crippen molar-refractivity contribution in [1.82, 2.24) is 4.90 Å². The van der Waals surface area contributed by atoms with E-state index in [-0.39, 0.29) is 12.0 Å². The molecule has 1 atom stereocenters. The fourth-order valence-corrected chi connectivity index (χ4v) is 2.74. The number of rotatable bonds is 2. The summed E-state index contributed by atoms with van der Waals surface area (Å²) in [6.45, 7) is 1.64. The number of amides is 1. The molecule has 0 spiro atoms. The van der Waals surface area contributed by atoms with E-state index in [1.807, 2.05) is 29.2 Å². The Bertz CT molecular complexity index is 655. The van der Waals surface area contributed by atoms with Crippen LogP contribution in [0, 0.1) is 0 Å². The normalized spacial score (nSPS) is 18.3. The fraction of sp³-hybridized carbons (Fsp3) is 0.235. The Morgan fingerprint density at radius 2 is 1.59 bits per heavy atom. The summed E-state index contributed by atoms with van der Waals surface area (Å²) in [5, 5.41) is 1.31. The van der Waals surface area contributed by atoms with Gasteiger partial charge in [0.15, 0.2) is 0 Å². The first-order valence-corrected chi connectivity index (χ1v) is 7.81. The van der Waals surface area contributed by atoms with Gasteiger partial charge in [-0.05, 0) is 42.0 Å². The van der Waals surface area contributed by atoms with Crippen molar-refractivity contribution in [2.45, 2.75) is 6.10 Å². The Labute approximate surface area is 139 Å². The summed E-state index contributed by atoms with van der Waals surface area (Å²) < 4.78 is 5.78. The van der Waals surface area contributed by atoms with Gasteiger partial charge in [-0.2, -0.15) is 0 Å². The second-order valence-corrected chi connectivity index (χ2v) is 6.04. The van der Waals surface area contributed by atoms with Crippen molar-refractivity contribution >= 4 is 29.1 Å². The van der Waals surface area contributed by atoms with Gasteiger partial charge in [0.1, 0.15) is 6.10 Å². The lowest BCUT2D eigenvalue weighted by Gasteiger charge is -2.33. The molecule has 1 amide bonds.